The first-order chi connectivity index (χ1) is 14.6. The molecule has 152 valence electrons. The van der Waals surface area contributed by atoms with Crippen molar-refractivity contribution in [3.63, 3.8) is 0 Å². The van der Waals surface area contributed by atoms with Gasteiger partial charge in [0, 0.05) is 25.0 Å². The minimum Gasteiger partial charge on any atom is -0.497 e. The summed E-state index contributed by atoms with van der Waals surface area (Å²) in [5.41, 5.74) is 2.47. The van der Waals surface area contributed by atoms with Crippen LogP contribution in [0, 0.1) is 0 Å². The molecule has 0 bridgehead atoms. The zero-order valence-corrected chi connectivity index (χ0v) is 16.9. The quantitative estimate of drug-likeness (QED) is 0.494. The molecule has 2 aromatic carbocycles. The molecule has 0 saturated heterocycles. The third kappa shape index (κ3) is 4.25. The third-order valence-electron chi connectivity index (χ3n) is 4.90. The van der Waals surface area contributed by atoms with Crippen molar-refractivity contribution >= 4 is 28.4 Å². The molecule has 0 aliphatic heterocycles. The Morgan fingerprint density at radius 1 is 1.10 bits per heavy atom. The molecule has 4 rings (SSSR count). The molecule has 0 atom stereocenters. The van der Waals surface area contributed by atoms with Crippen LogP contribution in [0.4, 0.5) is 11.6 Å². The molecule has 0 spiro atoms. The number of hydrogen-bond donors (Lipinski definition) is 2. The topological polar surface area (TPSA) is 81.1 Å². The molecular weight excluding hydrogens is 378 g/mol. The van der Waals surface area contributed by atoms with E-state index in [9.17, 15) is 4.79 Å². The predicted molar refractivity (Wildman–Crippen MR) is 117 cm³/mol. The van der Waals surface area contributed by atoms with Crippen LogP contribution in [-0.4, -0.2) is 34.3 Å². The Balaban J connectivity index is 1.52. The van der Waals surface area contributed by atoms with E-state index in [0.717, 1.165) is 34.5 Å². The number of anilines is 2. The molecular formula is C23H23N5O2. The largest absolute Gasteiger partial charge is 0.497 e. The third-order valence-corrected chi connectivity index (χ3v) is 4.90. The van der Waals surface area contributed by atoms with E-state index in [1.165, 1.54) is 0 Å². The summed E-state index contributed by atoms with van der Waals surface area (Å²) in [6.07, 6.45) is 2.44. The van der Waals surface area contributed by atoms with Gasteiger partial charge in [0.2, 0.25) is 0 Å². The Hall–Kier alpha value is -3.87. The molecule has 4 aromatic rings. The zero-order valence-electron chi connectivity index (χ0n) is 16.9. The standard InChI is InChI=1S/C23H23N5O2/c1-28-22(12-14-25-28)27-21-15-19(18-5-3-4-6-20(18)26-21)23(29)24-13-11-16-7-9-17(30-2)10-8-16/h3-10,12,14-15H,11,13H2,1-2H3,(H,24,29)(H,26,27). The van der Waals surface area contributed by atoms with E-state index >= 15 is 0 Å². The SMILES string of the molecule is COc1ccc(CCNC(=O)c2cc(Nc3ccnn3C)nc3ccccc23)cc1. The minimum atomic E-state index is -0.129. The van der Waals surface area contributed by atoms with Crippen LogP contribution in [0.1, 0.15) is 15.9 Å². The van der Waals surface area contributed by atoms with E-state index in [0.29, 0.717) is 17.9 Å². The van der Waals surface area contributed by atoms with Crippen molar-refractivity contribution in [2.24, 2.45) is 7.05 Å². The number of nitrogens with one attached hydrogen (secondary N) is 2. The average molecular weight is 401 g/mol. The van der Waals surface area contributed by atoms with Gasteiger partial charge in [-0.3, -0.25) is 9.48 Å². The molecule has 1 amide bonds. The van der Waals surface area contributed by atoms with Crippen molar-refractivity contribution in [1.29, 1.82) is 0 Å². The van der Waals surface area contributed by atoms with Gasteiger partial charge in [0.1, 0.15) is 17.4 Å². The zero-order chi connectivity index (χ0) is 20.9. The Morgan fingerprint density at radius 2 is 1.90 bits per heavy atom. The van der Waals surface area contributed by atoms with E-state index in [-0.39, 0.29) is 5.91 Å². The number of benzene rings is 2. The summed E-state index contributed by atoms with van der Waals surface area (Å²) in [5, 5.41) is 11.2. The Bertz CT molecular complexity index is 1170. The molecule has 2 N–H and O–H groups in total. The summed E-state index contributed by atoms with van der Waals surface area (Å²) < 4.78 is 6.89. The van der Waals surface area contributed by atoms with Crippen LogP contribution in [0.25, 0.3) is 10.9 Å². The number of methoxy groups -OCH3 is 1. The first kappa shape index (κ1) is 19.4. The first-order valence-electron chi connectivity index (χ1n) is 9.70. The molecule has 30 heavy (non-hydrogen) atoms. The monoisotopic (exact) mass is 401 g/mol. The summed E-state index contributed by atoms with van der Waals surface area (Å²) >= 11 is 0. The van der Waals surface area contributed by atoms with Gasteiger partial charge < -0.3 is 15.4 Å². The Labute approximate surface area is 174 Å². The van der Waals surface area contributed by atoms with Crippen molar-refractivity contribution in [1.82, 2.24) is 20.1 Å². The highest BCUT2D eigenvalue weighted by molar-refractivity contribution is 6.07. The number of rotatable bonds is 7. The van der Waals surface area contributed by atoms with Gasteiger partial charge in [0.05, 0.1) is 24.4 Å². The molecule has 0 aliphatic rings. The molecule has 0 saturated carbocycles. The summed E-state index contributed by atoms with van der Waals surface area (Å²) in [5.74, 6) is 2.08. The van der Waals surface area contributed by atoms with Gasteiger partial charge in [0.25, 0.3) is 5.91 Å². The van der Waals surface area contributed by atoms with Crippen molar-refractivity contribution < 1.29 is 9.53 Å². The van der Waals surface area contributed by atoms with Crippen LogP contribution in [0.3, 0.4) is 0 Å². The van der Waals surface area contributed by atoms with E-state index in [2.05, 4.69) is 20.7 Å². The van der Waals surface area contributed by atoms with Crippen LogP contribution in [-0.2, 0) is 13.5 Å². The normalized spacial score (nSPS) is 10.7. The predicted octanol–water partition coefficient (Wildman–Crippen LogP) is 3.69. The van der Waals surface area contributed by atoms with Crippen LogP contribution < -0.4 is 15.4 Å². The number of aromatic nitrogens is 3. The van der Waals surface area contributed by atoms with Gasteiger partial charge in [0.15, 0.2) is 0 Å². The number of ether oxygens (including phenoxy) is 1. The van der Waals surface area contributed by atoms with Crippen molar-refractivity contribution in [2.45, 2.75) is 6.42 Å². The number of hydrogen-bond acceptors (Lipinski definition) is 5. The van der Waals surface area contributed by atoms with E-state index in [1.54, 1.807) is 24.1 Å². The Morgan fingerprint density at radius 3 is 2.63 bits per heavy atom. The highest BCUT2D eigenvalue weighted by atomic mass is 16.5. The lowest BCUT2D eigenvalue weighted by molar-refractivity contribution is 0.0955. The molecule has 0 radical (unpaired) electrons. The van der Waals surface area contributed by atoms with E-state index in [1.807, 2.05) is 61.6 Å². The number of carbonyl (C=O) groups excluding carboxylic acids is 1. The second kappa shape index (κ2) is 8.65. The number of aryl methyl sites for hydroxylation is 1. The lowest BCUT2D eigenvalue weighted by atomic mass is 10.1. The maximum atomic E-state index is 13.0. The lowest BCUT2D eigenvalue weighted by Crippen LogP contribution is -2.26. The number of pyridine rings is 1. The molecule has 7 nitrogen and oxygen atoms in total. The van der Waals surface area contributed by atoms with Crippen LogP contribution in [0.15, 0.2) is 66.9 Å². The highest BCUT2D eigenvalue weighted by Crippen LogP contribution is 2.23. The summed E-state index contributed by atoms with van der Waals surface area (Å²) in [6, 6.07) is 19.1. The molecule has 2 aromatic heterocycles. The van der Waals surface area contributed by atoms with Gasteiger partial charge >= 0.3 is 0 Å². The summed E-state index contributed by atoms with van der Waals surface area (Å²) in [4.78, 5) is 17.6. The number of fused-ring (bicyclic) bond motifs is 1. The fourth-order valence-corrected chi connectivity index (χ4v) is 3.26. The first-order valence-corrected chi connectivity index (χ1v) is 9.70. The molecule has 2 heterocycles. The molecule has 0 unspecified atom stereocenters. The van der Waals surface area contributed by atoms with Crippen molar-refractivity contribution in [2.75, 3.05) is 19.0 Å². The van der Waals surface area contributed by atoms with Crippen molar-refractivity contribution in [3.05, 3.63) is 78.0 Å². The van der Waals surface area contributed by atoms with Gasteiger partial charge in [-0.1, -0.05) is 30.3 Å². The van der Waals surface area contributed by atoms with Crippen LogP contribution >= 0.6 is 0 Å². The maximum Gasteiger partial charge on any atom is 0.252 e. The van der Waals surface area contributed by atoms with Crippen LogP contribution in [0.5, 0.6) is 5.75 Å². The molecule has 7 heteroatoms. The van der Waals surface area contributed by atoms with Gasteiger partial charge in [-0.15, -0.1) is 0 Å². The fraction of sp³-hybridized carbons (Fsp3) is 0.174. The number of amides is 1. The number of carbonyl (C=O) groups is 1. The van der Waals surface area contributed by atoms with Crippen molar-refractivity contribution in [3.8, 4) is 5.75 Å². The molecule has 0 fully saturated rings. The molecule has 0 aliphatic carbocycles. The van der Waals surface area contributed by atoms with E-state index in [4.69, 9.17) is 4.74 Å². The highest BCUT2D eigenvalue weighted by Gasteiger charge is 2.13. The average Bonchev–Trinajstić information content (AvgIpc) is 3.18. The fourth-order valence-electron chi connectivity index (χ4n) is 3.26. The number of nitrogens with zero attached hydrogens (tertiary/aromatic N) is 3. The maximum absolute atomic E-state index is 13.0. The smallest absolute Gasteiger partial charge is 0.252 e. The second-order valence-corrected chi connectivity index (χ2v) is 6.89. The van der Waals surface area contributed by atoms with Crippen LogP contribution in [0.2, 0.25) is 0 Å². The lowest BCUT2D eigenvalue weighted by Gasteiger charge is -2.12. The second-order valence-electron chi connectivity index (χ2n) is 6.89. The summed E-state index contributed by atoms with van der Waals surface area (Å²) in [6.45, 7) is 0.534. The van der Waals surface area contributed by atoms with Gasteiger partial charge in [-0.2, -0.15) is 5.10 Å². The number of para-hydroxylation sites is 1. The van der Waals surface area contributed by atoms with Gasteiger partial charge in [-0.05, 0) is 36.2 Å². The van der Waals surface area contributed by atoms with E-state index < -0.39 is 0 Å². The van der Waals surface area contributed by atoms with Gasteiger partial charge in [-0.25, -0.2) is 4.98 Å². The minimum absolute atomic E-state index is 0.129. The summed E-state index contributed by atoms with van der Waals surface area (Å²) in [7, 11) is 3.49. The Kier molecular flexibility index (Phi) is 5.61.